The molecule has 144 valence electrons. The zero-order valence-corrected chi connectivity index (χ0v) is 15.7. The molecule has 3 heterocycles. The maximum Gasteiger partial charge on any atom is 0.257 e. The first-order valence-corrected chi connectivity index (χ1v) is 10.1. The highest BCUT2D eigenvalue weighted by Gasteiger charge is 2.32. The lowest BCUT2D eigenvalue weighted by molar-refractivity contribution is -0.135. The number of carbonyl (C=O) groups excluding carboxylic acids is 1. The van der Waals surface area contributed by atoms with Crippen molar-refractivity contribution in [3.63, 3.8) is 0 Å². The number of rotatable bonds is 4. The van der Waals surface area contributed by atoms with Gasteiger partial charge in [-0.15, -0.1) is 0 Å². The Morgan fingerprint density at radius 1 is 1.07 bits per heavy atom. The van der Waals surface area contributed by atoms with E-state index in [1.165, 1.54) is 0 Å². The standard InChI is InChI=1S/C21H27N3O3/c25-19(15-16-10-13-26-14-11-16)24-12-6-2-5-9-18(24)20-22-21(27-23-20)17-7-3-1-4-8-17/h1,3-4,7-8,16,18H,2,5-6,9-15H2/t18-/m1/s1. The molecule has 2 aromatic rings. The molecule has 0 saturated carbocycles. The van der Waals surface area contributed by atoms with Crippen molar-refractivity contribution < 1.29 is 14.1 Å². The summed E-state index contributed by atoms with van der Waals surface area (Å²) in [6.07, 6.45) is 6.72. The average molecular weight is 369 g/mol. The molecular weight excluding hydrogens is 342 g/mol. The van der Waals surface area contributed by atoms with Gasteiger partial charge in [0.1, 0.15) is 0 Å². The molecule has 2 aliphatic heterocycles. The van der Waals surface area contributed by atoms with E-state index < -0.39 is 0 Å². The minimum absolute atomic E-state index is 0.0824. The number of amides is 1. The van der Waals surface area contributed by atoms with E-state index in [0.29, 0.717) is 24.1 Å². The molecule has 0 N–H and O–H groups in total. The van der Waals surface area contributed by atoms with Gasteiger partial charge >= 0.3 is 0 Å². The van der Waals surface area contributed by atoms with Crippen molar-refractivity contribution >= 4 is 5.91 Å². The third-order valence-electron chi connectivity index (χ3n) is 5.64. The Kier molecular flexibility index (Phi) is 5.82. The summed E-state index contributed by atoms with van der Waals surface area (Å²) in [4.78, 5) is 19.7. The summed E-state index contributed by atoms with van der Waals surface area (Å²) < 4.78 is 10.9. The highest BCUT2D eigenvalue weighted by Crippen LogP contribution is 2.31. The Labute approximate surface area is 159 Å². The molecule has 1 aromatic carbocycles. The van der Waals surface area contributed by atoms with Crippen LogP contribution in [0.3, 0.4) is 0 Å². The van der Waals surface area contributed by atoms with E-state index in [1.807, 2.05) is 35.2 Å². The van der Waals surface area contributed by atoms with E-state index in [9.17, 15) is 4.79 Å². The van der Waals surface area contributed by atoms with Gasteiger partial charge in [-0.1, -0.05) is 36.2 Å². The number of hydrogen-bond acceptors (Lipinski definition) is 5. The van der Waals surface area contributed by atoms with Crippen LogP contribution in [0.2, 0.25) is 0 Å². The molecule has 27 heavy (non-hydrogen) atoms. The molecule has 0 unspecified atom stereocenters. The number of carbonyl (C=O) groups is 1. The molecule has 0 radical (unpaired) electrons. The highest BCUT2D eigenvalue weighted by atomic mass is 16.5. The first kappa shape index (κ1) is 18.2. The summed E-state index contributed by atoms with van der Waals surface area (Å²) >= 11 is 0. The van der Waals surface area contributed by atoms with Gasteiger partial charge in [0.25, 0.3) is 5.89 Å². The van der Waals surface area contributed by atoms with Crippen molar-refractivity contribution in [3.8, 4) is 11.5 Å². The largest absolute Gasteiger partial charge is 0.381 e. The maximum absolute atomic E-state index is 13.1. The van der Waals surface area contributed by atoms with Gasteiger partial charge in [0.05, 0.1) is 6.04 Å². The van der Waals surface area contributed by atoms with Gasteiger partial charge in [-0.25, -0.2) is 0 Å². The van der Waals surface area contributed by atoms with E-state index in [-0.39, 0.29) is 11.9 Å². The zero-order valence-electron chi connectivity index (χ0n) is 15.7. The van der Waals surface area contributed by atoms with Crippen LogP contribution in [-0.2, 0) is 9.53 Å². The van der Waals surface area contributed by atoms with Gasteiger partial charge in [-0.3, -0.25) is 4.79 Å². The summed E-state index contributed by atoms with van der Waals surface area (Å²) in [5.41, 5.74) is 0.907. The predicted molar refractivity (Wildman–Crippen MR) is 101 cm³/mol. The van der Waals surface area contributed by atoms with Crippen LogP contribution >= 0.6 is 0 Å². The molecule has 2 saturated heterocycles. The van der Waals surface area contributed by atoms with Crippen molar-refractivity contribution in [1.29, 1.82) is 0 Å². The highest BCUT2D eigenvalue weighted by molar-refractivity contribution is 5.77. The van der Waals surface area contributed by atoms with Crippen LogP contribution in [0.1, 0.15) is 56.8 Å². The zero-order chi connectivity index (χ0) is 18.5. The number of nitrogens with zero attached hydrogens (tertiary/aromatic N) is 3. The first-order chi connectivity index (χ1) is 13.3. The van der Waals surface area contributed by atoms with E-state index in [0.717, 1.165) is 63.8 Å². The summed E-state index contributed by atoms with van der Waals surface area (Å²) in [6.45, 7) is 2.32. The molecule has 0 spiro atoms. The lowest BCUT2D eigenvalue weighted by atomic mass is 9.95. The number of likely N-dealkylation sites (tertiary alicyclic amines) is 1. The van der Waals surface area contributed by atoms with Gasteiger partial charge in [0.2, 0.25) is 5.91 Å². The average Bonchev–Trinajstić information content (AvgIpc) is 3.07. The molecular formula is C21H27N3O3. The summed E-state index contributed by atoms with van der Waals surface area (Å²) in [6, 6.07) is 9.70. The monoisotopic (exact) mass is 369 g/mol. The Balaban J connectivity index is 1.51. The van der Waals surface area contributed by atoms with Crippen LogP contribution in [0.5, 0.6) is 0 Å². The lowest BCUT2D eigenvalue weighted by Crippen LogP contribution is -2.37. The van der Waals surface area contributed by atoms with Gasteiger partial charge < -0.3 is 14.2 Å². The van der Waals surface area contributed by atoms with Gasteiger partial charge in [-0.05, 0) is 43.7 Å². The SMILES string of the molecule is O=C(CC1CCOCC1)N1CCCCC[C@@H]1c1noc(-c2ccccc2)n1. The molecule has 6 nitrogen and oxygen atoms in total. The van der Waals surface area contributed by atoms with Crippen LogP contribution in [0.4, 0.5) is 0 Å². The van der Waals surface area contributed by atoms with Gasteiger partial charge in [0, 0.05) is 31.7 Å². The van der Waals surface area contributed by atoms with Crippen LogP contribution in [0.25, 0.3) is 11.5 Å². The minimum Gasteiger partial charge on any atom is -0.381 e. The fraction of sp³-hybridized carbons (Fsp3) is 0.571. The Morgan fingerprint density at radius 3 is 2.70 bits per heavy atom. The summed E-state index contributed by atoms with van der Waals surface area (Å²) in [5, 5.41) is 4.24. The minimum atomic E-state index is -0.0824. The van der Waals surface area contributed by atoms with Crippen molar-refractivity contribution in [2.45, 2.75) is 51.0 Å². The molecule has 1 amide bonds. The molecule has 2 fully saturated rings. The molecule has 4 rings (SSSR count). The maximum atomic E-state index is 13.1. The second-order valence-electron chi connectivity index (χ2n) is 7.54. The fourth-order valence-electron chi connectivity index (χ4n) is 4.06. The molecule has 2 aliphatic rings. The van der Waals surface area contributed by atoms with Crippen LogP contribution < -0.4 is 0 Å². The van der Waals surface area contributed by atoms with Crippen LogP contribution in [-0.4, -0.2) is 40.7 Å². The van der Waals surface area contributed by atoms with Crippen LogP contribution in [0.15, 0.2) is 34.9 Å². The molecule has 0 aliphatic carbocycles. The summed E-state index contributed by atoms with van der Waals surface area (Å²) in [7, 11) is 0. The van der Waals surface area contributed by atoms with Crippen molar-refractivity contribution in [2.24, 2.45) is 5.92 Å². The number of ether oxygens (including phenoxy) is 1. The number of benzene rings is 1. The topological polar surface area (TPSA) is 68.5 Å². The normalized spacial score (nSPS) is 21.8. The van der Waals surface area contributed by atoms with Crippen molar-refractivity contribution in [1.82, 2.24) is 15.0 Å². The molecule has 1 aromatic heterocycles. The fourth-order valence-corrected chi connectivity index (χ4v) is 4.06. The van der Waals surface area contributed by atoms with E-state index in [4.69, 9.17) is 9.26 Å². The number of aromatic nitrogens is 2. The van der Waals surface area contributed by atoms with Gasteiger partial charge in [-0.2, -0.15) is 4.98 Å². The molecule has 6 heteroatoms. The third kappa shape index (κ3) is 4.38. The first-order valence-electron chi connectivity index (χ1n) is 10.1. The number of hydrogen-bond donors (Lipinski definition) is 0. The third-order valence-corrected chi connectivity index (χ3v) is 5.64. The quantitative estimate of drug-likeness (QED) is 0.815. The predicted octanol–water partition coefficient (Wildman–Crippen LogP) is 4.00. The van der Waals surface area contributed by atoms with E-state index in [1.54, 1.807) is 0 Å². The second-order valence-corrected chi connectivity index (χ2v) is 7.54. The smallest absolute Gasteiger partial charge is 0.257 e. The Bertz CT molecular complexity index is 740. The Hall–Kier alpha value is -2.21. The Morgan fingerprint density at radius 2 is 1.89 bits per heavy atom. The van der Waals surface area contributed by atoms with Crippen molar-refractivity contribution in [3.05, 3.63) is 36.2 Å². The second kappa shape index (κ2) is 8.65. The van der Waals surface area contributed by atoms with Crippen LogP contribution in [0, 0.1) is 5.92 Å². The van der Waals surface area contributed by atoms with E-state index >= 15 is 0 Å². The van der Waals surface area contributed by atoms with Gasteiger partial charge in [0.15, 0.2) is 5.82 Å². The summed E-state index contributed by atoms with van der Waals surface area (Å²) in [5.74, 6) is 1.81. The molecule has 1 atom stereocenters. The molecule has 0 bridgehead atoms. The van der Waals surface area contributed by atoms with E-state index in [2.05, 4.69) is 10.1 Å². The lowest BCUT2D eigenvalue weighted by Gasteiger charge is -2.30. The van der Waals surface area contributed by atoms with Crippen molar-refractivity contribution in [2.75, 3.05) is 19.8 Å².